The highest BCUT2D eigenvalue weighted by molar-refractivity contribution is 7.99. The topological polar surface area (TPSA) is 50.0 Å². The van der Waals surface area contributed by atoms with E-state index in [-0.39, 0.29) is 0 Å². The second-order valence-electron chi connectivity index (χ2n) is 7.26. The van der Waals surface area contributed by atoms with E-state index >= 15 is 0 Å². The second-order valence-corrected chi connectivity index (χ2v) is 8.34. The van der Waals surface area contributed by atoms with Gasteiger partial charge < -0.3 is 14.6 Å². The number of hydrogen-bond donors (Lipinski definition) is 1. The SMILES string of the molecule is COCCNc1ccc2c(Sc3ccccc3C#N)cn(Cc3cc(F)cc(F)c3)c2c1. The molecule has 1 heterocycles. The molecule has 0 spiro atoms. The fourth-order valence-corrected chi connectivity index (χ4v) is 4.61. The van der Waals surface area contributed by atoms with Crippen molar-refractivity contribution in [2.24, 2.45) is 0 Å². The van der Waals surface area contributed by atoms with Crippen LogP contribution in [0, 0.1) is 23.0 Å². The summed E-state index contributed by atoms with van der Waals surface area (Å²) in [6, 6.07) is 19.2. The fourth-order valence-electron chi connectivity index (χ4n) is 3.54. The first-order chi connectivity index (χ1) is 15.6. The molecule has 1 aromatic heterocycles. The molecular weight excluding hydrogens is 428 g/mol. The molecule has 0 atom stereocenters. The van der Waals surface area contributed by atoms with Gasteiger partial charge in [0.05, 0.1) is 17.7 Å². The van der Waals surface area contributed by atoms with Crippen LogP contribution in [0.1, 0.15) is 11.1 Å². The van der Waals surface area contributed by atoms with Gasteiger partial charge in [-0.1, -0.05) is 23.9 Å². The van der Waals surface area contributed by atoms with E-state index in [9.17, 15) is 14.0 Å². The number of nitriles is 1. The molecule has 32 heavy (non-hydrogen) atoms. The Labute approximate surface area is 189 Å². The van der Waals surface area contributed by atoms with E-state index < -0.39 is 11.6 Å². The van der Waals surface area contributed by atoms with Crippen molar-refractivity contribution in [1.29, 1.82) is 5.26 Å². The third kappa shape index (κ3) is 4.93. The summed E-state index contributed by atoms with van der Waals surface area (Å²) in [7, 11) is 1.65. The highest BCUT2D eigenvalue weighted by Gasteiger charge is 2.14. The molecule has 0 saturated heterocycles. The molecule has 0 aliphatic rings. The summed E-state index contributed by atoms with van der Waals surface area (Å²) >= 11 is 1.50. The number of rotatable bonds is 8. The Hall–Kier alpha value is -3.34. The summed E-state index contributed by atoms with van der Waals surface area (Å²) in [6.07, 6.45) is 1.96. The summed E-state index contributed by atoms with van der Waals surface area (Å²) < 4.78 is 34.6. The number of methoxy groups -OCH3 is 1. The molecular formula is C25H21F2N3OS. The van der Waals surface area contributed by atoms with E-state index in [4.69, 9.17) is 4.74 Å². The molecule has 0 bridgehead atoms. The first-order valence-corrected chi connectivity index (χ1v) is 10.9. The van der Waals surface area contributed by atoms with Crippen molar-refractivity contribution in [2.45, 2.75) is 16.3 Å². The normalized spacial score (nSPS) is 10.9. The molecule has 4 rings (SSSR count). The third-order valence-electron chi connectivity index (χ3n) is 4.98. The Morgan fingerprint density at radius 3 is 2.56 bits per heavy atom. The van der Waals surface area contributed by atoms with Crippen LogP contribution in [0.5, 0.6) is 0 Å². The monoisotopic (exact) mass is 449 g/mol. The predicted octanol–water partition coefficient (Wildman–Crippen LogP) is 6.05. The summed E-state index contributed by atoms with van der Waals surface area (Å²) in [4.78, 5) is 1.82. The number of ether oxygens (including phenoxy) is 1. The summed E-state index contributed by atoms with van der Waals surface area (Å²) in [5, 5.41) is 13.8. The van der Waals surface area contributed by atoms with Crippen LogP contribution in [0.15, 0.2) is 76.7 Å². The maximum Gasteiger partial charge on any atom is 0.126 e. The zero-order valence-corrected chi connectivity index (χ0v) is 18.3. The molecule has 4 aromatic rings. The number of fused-ring (bicyclic) bond motifs is 1. The average molecular weight is 450 g/mol. The van der Waals surface area contributed by atoms with Gasteiger partial charge in [-0.2, -0.15) is 5.26 Å². The molecule has 162 valence electrons. The Bertz CT molecular complexity index is 1280. The van der Waals surface area contributed by atoms with Gasteiger partial charge in [-0.3, -0.25) is 0 Å². The van der Waals surface area contributed by atoms with E-state index in [2.05, 4.69) is 11.4 Å². The Kier molecular flexibility index (Phi) is 6.74. The van der Waals surface area contributed by atoms with Gasteiger partial charge in [0.2, 0.25) is 0 Å². The lowest BCUT2D eigenvalue weighted by Gasteiger charge is -2.09. The Balaban J connectivity index is 1.75. The number of nitrogens with zero attached hydrogens (tertiary/aromatic N) is 2. The lowest BCUT2D eigenvalue weighted by Crippen LogP contribution is -2.07. The van der Waals surface area contributed by atoms with Crippen molar-refractivity contribution in [1.82, 2.24) is 4.57 Å². The van der Waals surface area contributed by atoms with Crippen LogP contribution in [0.25, 0.3) is 10.9 Å². The molecule has 0 unspecified atom stereocenters. The number of hydrogen-bond acceptors (Lipinski definition) is 4. The van der Waals surface area contributed by atoms with Gasteiger partial charge in [-0.25, -0.2) is 8.78 Å². The van der Waals surface area contributed by atoms with E-state index in [0.29, 0.717) is 30.8 Å². The van der Waals surface area contributed by atoms with Crippen LogP contribution >= 0.6 is 11.8 Å². The maximum absolute atomic E-state index is 13.8. The standard InChI is InChI=1S/C25H21F2N3OS/c1-31-9-8-29-21-6-7-22-23(13-21)30(15-17-10-19(26)12-20(27)11-17)16-25(22)32-24-5-3-2-4-18(24)14-28/h2-7,10-13,16,29H,8-9,15H2,1H3. The van der Waals surface area contributed by atoms with Crippen LogP contribution in [-0.4, -0.2) is 24.8 Å². The zero-order valence-electron chi connectivity index (χ0n) is 17.4. The maximum atomic E-state index is 13.8. The molecule has 4 nitrogen and oxygen atoms in total. The van der Waals surface area contributed by atoms with Gasteiger partial charge in [-0.15, -0.1) is 0 Å². The number of aromatic nitrogens is 1. The summed E-state index contributed by atoms with van der Waals surface area (Å²) in [5.74, 6) is -1.20. The Morgan fingerprint density at radius 1 is 1.03 bits per heavy atom. The minimum Gasteiger partial charge on any atom is -0.383 e. The van der Waals surface area contributed by atoms with E-state index in [1.807, 2.05) is 47.2 Å². The molecule has 3 aromatic carbocycles. The minimum atomic E-state index is -0.601. The molecule has 0 saturated carbocycles. The van der Waals surface area contributed by atoms with Crippen molar-refractivity contribution in [3.05, 3.63) is 89.6 Å². The number of nitrogens with one attached hydrogen (secondary N) is 1. The number of anilines is 1. The van der Waals surface area contributed by atoms with Crippen LogP contribution in [0.3, 0.4) is 0 Å². The smallest absolute Gasteiger partial charge is 0.126 e. The van der Waals surface area contributed by atoms with Crippen molar-refractivity contribution in [3.63, 3.8) is 0 Å². The minimum absolute atomic E-state index is 0.313. The van der Waals surface area contributed by atoms with Crippen LogP contribution in [-0.2, 0) is 11.3 Å². The second kappa shape index (κ2) is 9.86. The highest BCUT2D eigenvalue weighted by atomic mass is 32.2. The van der Waals surface area contributed by atoms with Crippen LogP contribution < -0.4 is 5.32 Å². The molecule has 7 heteroatoms. The van der Waals surface area contributed by atoms with E-state index in [1.54, 1.807) is 13.2 Å². The molecule has 0 aliphatic carbocycles. The summed E-state index contributed by atoms with van der Waals surface area (Å²) in [5.41, 5.74) is 2.98. The van der Waals surface area contributed by atoms with Gasteiger partial charge in [0.15, 0.2) is 0 Å². The highest BCUT2D eigenvalue weighted by Crippen LogP contribution is 2.37. The first kappa shape index (κ1) is 21.9. The average Bonchev–Trinajstić information content (AvgIpc) is 3.10. The van der Waals surface area contributed by atoms with Gasteiger partial charge in [0.25, 0.3) is 0 Å². The first-order valence-electron chi connectivity index (χ1n) is 10.0. The molecule has 0 aliphatic heterocycles. The van der Waals surface area contributed by atoms with Crippen molar-refractivity contribution >= 4 is 28.4 Å². The molecule has 0 radical (unpaired) electrons. The molecule has 1 N–H and O–H groups in total. The lowest BCUT2D eigenvalue weighted by atomic mass is 10.2. The van der Waals surface area contributed by atoms with Gasteiger partial charge in [-0.05, 0) is 48.0 Å². The lowest BCUT2D eigenvalue weighted by molar-refractivity contribution is 0.211. The summed E-state index contributed by atoms with van der Waals surface area (Å²) in [6.45, 7) is 1.55. The van der Waals surface area contributed by atoms with Gasteiger partial charge in [0, 0.05) is 53.3 Å². The van der Waals surface area contributed by atoms with Gasteiger partial charge >= 0.3 is 0 Å². The fraction of sp³-hybridized carbons (Fsp3) is 0.160. The predicted molar refractivity (Wildman–Crippen MR) is 123 cm³/mol. The van der Waals surface area contributed by atoms with Crippen molar-refractivity contribution < 1.29 is 13.5 Å². The van der Waals surface area contributed by atoms with Crippen LogP contribution in [0.4, 0.5) is 14.5 Å². The van der Waals surface area contributed by atoms with E-state index in [1.165, 1.54) is 23.9 Å². The zero-order chi connectivity index (χ0) is 22.5. The third-order valence-corrected chi connectivity index (χ3v) is 6.10. The number of benzene rings is 3. The molecule has 0 fully saturated rings. The van der Waals surface area contributed by atoms with E-state index in [0.717, 1.165) is 32.4 Å². The Morgan fingerprint density at radius 2 is 1.81 bits per heavy atom. The van der Waals surface area contributed by atoms with Crippen molar-refractivity contribution in [3.8, 4) is 6.07 Å². The number of halogens is 2. The van der Waals surface area contributed by atoms with Gasteiger partial charge in [0.1, 0.15) is 17.7 Å². The quantitative estimate of drug-likeness (QED) is 0.333. The van der Waals surface area contributed by atoms with Crippen molar-refractivity contribution in [2.75, 3.05) is 25.6 Å². The van der Waals surface area contributed by atoms with Crippen LogP contribution in [0.2, 0.25) is 0 Å². The largest absolute Gasteiger partial charge is 0.383 e. The molecule has 0 amide bonds.